The highest BCUT2D eigenvalue weighted by molar-refractivity contribution is 7.92. The fourth-order valence-corrected chi connectivity index (χ4v) is 3.74. The van der Waals surface area contributed by atoms with Crippen molar-refractivity contribution >= 4 is 33.0 Å². The minimum absolute atomic E-state index is 0.0664. The number of sulfonamides is 1. The number of allylic oxidation sites excluding steroid dienone is 2. The number of nitrogens with two attached hydrogens (primary N) is 2. The maximum atomic E-state index is 12.9. The Bertz CT molecular complexity index is 990. The second-order valence-corrected chi connectivity index (χ2v) is 9.80. The quantitative estimate of drug-likeness (QED) is 0.491. The van der Waals surface area contributed by atoms with Gasteiger partial charge in [0.2, 0.25) is 0 Å². The zero-order valence-corrected chi connectivity index (χ0v) is 18.3. The number of halogens is 1. The Kier molecular flexibility index (Phi) is 6.33. The highest BCUT2D eigenvalue weighted by atomic mass is 35.5. The van der Waals surface area contributed by atoms with Crippen molar-refractivity contribution in [3.05, 3.63) is 64.4 Å². The third-order valence-electron chi connectivity index (χ3n) is 4.43. The summed E-state index contributed by atoms with van der Waals surface area (Å²) >= 11 is 6.09. The highest BCUT2D eigenvalue weighted by Gasteiger charge is 2.20. The fraction of sp³-hybridized carbons (Fsp3) is 0.300. The summed E-state index contributed by atoms with van der Waals surface area (Å²) in [5, 5.41) is 1.73. The van der Waals surface area contributed by atoms with Gasteiger partial charge in [0.1, 0.15) is 0 Å². The van der Waals surface area contributed by atoms with E-state index in [9.17, 15) is 8.42 Å². The number of rotatable bonds is 5. The summed E-state index contributed by atoms with van der Waals surface area (Å²) in [5.74, 6) is 6.14. The Morgan fingerprint density at radius 1 is 1.07 bits per heavy atom. The van der Waals surface area contributed by atoms with Crippen LogP contribution in [0.3, 0.4) is 0 Å². The van der Waals surface area contributed by atoms with Crippen molar-refractivity contribution in [3.8, 4) is 0 Å². The second-order valence-electron chi connectivity index (χ2n) is 7.68. The van der Waals surface area contributed by atoms with Gasteiger partial charge in [-0.3, -0.25) is 9.73 Å². The van der Waals surface area contributed by atoms with Crippen LogP contribution in [-0.4, -0.2) is 8.42 Å². The van der Waals surface area contributed by atoms with Gasteiger partial charge in [0.25, 0.3) is 10.0 Å². The van der Waals surface area contributed by atoms with Crippen LogP contribution in [0.25, 0.3) is 0 Å². The van der Waals surface area contributed by atoms with Crippen LogP contribution in [0.5, 0.6) is 0 Å². The lowest BCUT2D eigenvalue weighted by Crippen LogP contribution is -2.31. The molecule has 2 aromatic carbocycles. The highest BCUT2D eigenvalue weighted by Crippen LogP contribution is 2.32. The van der Waals surface area contributed by atoms with Crippen LogP contribution in [0.4, 0.5) is 11.4 Å². The molecule has 8 heteroatoms. The number of nitrogens with one attached hydrogen (secondary N) is 1. The molecule has 2 rings (SSSR count). The van der Waals surface area contributed by atoms with Crippen molar-refractivity contribution in [2.24, 2.45) is 11.6 Å². The van der Waals surface area contributed by atoms with Crippen LogP contribution < -0.4 is 21.3 Å². The number of hydrazine groups is 1. The summed E-state index contributed by atoms with van der Waals surface area (Å²) in [4.78, 5) is 0.159. The monoisotopic (exact) mass is 422 g/mol. The van der Waals surface area contributed by atoms with Crippen LogP contribution in [0.2, 0.25) is 5.02 Å². The van der Waals surface area contributed by atoms with E-state index < -0.39 is 10.0 Å². The molecular formula is C20H27ClN4O2S. The Labute approximate surface area is 172 Å². The molecule has 0 aliphatic carbocycles. The second kappa shape index (κ2) is 8.03. The molecule has 0 saturated carbocycles. The largest absolute Gasteiger partial charge is 0.401 e. The first kappa shape index (κ1) is 22.1. The molecule has 28 heavy (non-hydrogen) atoms. The molecule has 0 aliphatic rings. The number of benzene rings is 2. The van der Waals surface area contributed by atoms with Gasteiger partial charge in [0, 0.05) is 10.7 Å². The zero-order chi connectivity index (χ0) is 21.3. The number of hydrogen-bond acceptors (Lipinski definition) is 5. The van der Waals surface area contributed by atoms with E-state index in [1.165, 1.54) is 5.01 Å². The molecule has 0 aliphatic heterocycles. The summed E-state index contributed by atoms with van der Waals surface area (Å²) in [6, 6.07) is 11.6. The van der Waals surface area contributed by atoms with Crippen molar-refractivity contribution in [1.29, 1.82) is 0 Å². The minimum atomic E-state index is -3.81. The van der Waals surface area contributed by atoms with Crippen LogP contribution in [0.1, 0.15) is 40.2 Å². The number of anilines is 2. The lowest BCUT2D eigenvalue weighted by Gasteiger charge is -2.24. The molecule has 0 spiro atoms. The summed E-state index contributed by atoms with van der Waals surface area (Å²) < 4.78 is 28.4. The number of hydrogen-bond donors (Lipinski definition) is 3. The van der Waals surface area contributed by atoms with Gasteiger partial charge in [0.15, 0.2) is 0 Å². The molecule has 0 bridgehead atoms. The van der Waals surface area contributed by atoms with Crippen molar-refractivity contribution in [2.45, 2.75) is 44.9 Å². The molecule has 0 amide bonds. The molecule has 0 heterocycles. The van der Waals surface area contributed by atoms with Gasteiger partial charge in [-0.1, -0.05) is 44.5 Å². The molecule has 2 aromatic rings. The van der Waals surface area contributed by atoms with Crippen molar-refractivity contribution in [1.82, 2.24) is 0 Å². The Morgan fingerprint density at radius 3 is 2.14 bits per heavy atom. The average molecular weight is 423 g/mol. The Balaban J connectivity index is 2.43. The van der Waals surface area contributed by atoms with E-state index in [1.807, 2.05) is 12.1 Å². The summed E-state index contributed by atoms with van der Waals surface area (Å²) in [5.41, 5.74) is 8.58. The van der Waals surface area contributed by atoms with E-state index in [1.54, 1.807) is 44.2 Å². The van der Waals surface area contributed by atoms with Gasteiger partial charge < -0.3 is 5.73 Å². The normalized spacial score (nSPS) is 13.1. The van der Waals surface area contributed by atoms with E-state index in [-0.39, 0.29) is 10.3 Å². The van der Waals surface area contributed by atoms with Gasteiger partial charge in [-0.15, -0.1) is 0 Å². The molecular weight excluding hydrogens is 396 g/mol. The molecule has 0 aromatic heterocycles. The van der Waals surface area contributed by atoms with Crippen LogP contribution >= 0.6 is 11.6 Å². The molecule has 0 fully saturated rings. The molecule has 152 valence electrons. The summed E-state index contributed by atoms with van der Waals surface area (Å²) in [7, 11) is -3.81. The smallest absolute Gasteiger partial charge is 0.261 e. The summed E-state index contributed by atoms with van der Waals surface area (Å²) in [6.07, 6.45) is 0. The van der Waals surface area contributed by atoms with E-state index in [2.05, 4.69) is 25.5 Å². The molecule has 0 radical (unpaired) electrons. The molecule has 0 unspecified atom stereocenters. The molecule has 6 nitrogen and oxygen atoms in total. The first-order valence-corrected chi connectivity index (χ1v) is 10.6. The van der Waals surface area contributed by atoms with E-state index >= 15 is 0 Å². The van der Waals surface area contributed by atoms with Crippen LogP contribution in [-0.2, 0) is 15.4 Å². The van der Waals surface area contributed by atoms with Gasteiger partial charge >= 0.3 is 0 Å². The third kappa shape index (κ3) is 4.98. The first-order chi connectivity index (χ1) is 12.8. The first-order valence-electron chi connectivity index (χ1n) is 8.73. The topological polar surface area (TPSA) is 101 Å². The SMILES string of the molecule is C/C(N)=C(\C)N(N)c1cc(Cl)ccc1NS(=O)(=O)c1ccc(C(C)(C)C)cc1. The van der Waals surface area contributed by atoms with Crippen LogP contribution in [0, 0.1) is 0 Å². The lowest BCUT2D eigenvalue weighted by atomic mass is 9.87. The van der Waals surface area contributed by atoms with Gasteiger partial charge in [-0.25, -0.2) is 14.3 Å². The Morgan fingerprint density at radius 2 is 1.64 bits per heavy atom. The molecule has 5 N–H and O–H groups in total. The van der Waals surface area contributed by atoms with Crippen molar-refractivity contribution < 1.29 is 8.42 Å². The van der Waals surface area contributed by atoms with E-state index in [0.29, 0.717) is 27.8 Å². The van der Waals surface area contributed by atoms with Crippen LogP contribution in [0.15, 0.2) is 58.8 Å². The predicted octanol–water partition coefficient (Wildman–Crippen LogP) is 4.33. The van der Waals surface area contributed by atoms with Crippen molar-refractivity contribution in [3.63, 3.8) is 0 Å². The zero-order valence-electron chi connectivity index (χ0n) is 16.7. The van der Waals surface area contributed by atoms with Crippen molar-refractivity contribution in [2.75, 3.05) is 9.73 Å². The van der Waals surface area contributed by atoms with Gasteiger partial charge in [-0.2, -0.15) is 0 Å². The van der Waals surface area contributed by atoms with Gasteiger partial charge in [0.05, 0.1) is 22.0 Å². The predicted molar refractivity (Wildman–Crippen MR) is 117 cm³/mol. The van der Waals surface area contributed by atoms with Gasteiger partial charge in [-0.05, 0) is 55.2 Å². The third-order valence-corrected chi connectivity index (χ3v) is 6.04. The Hall–Kier alpha value is -2.22. The average Bonchev–Trinajstić information content (AvgIpc) is 2.61. The minimum Gasteiger partial charge on any atom is -0.401 e. The van der Waals surface area contributed by atoms with E-state index in [0.717, 1.165) is 5.56 Å². The molecule has 0 saturated heterocycles. The fourth-order valence-electron chi connectivity index (χ4n) is 2.50. The molecule has 0 atom stereocenters. The summed E-state index contributed by atoms with van der Waals surface area (Å²) in [6.45, 7) is 9.65. The maximum Gasteiger partial charge on any atom is 0.261 e. The lowest BCUT2D eigenvalue weighted by molar-refractivity contribution is 0.587. The standard InChI is InChI=1S/C20H27ClN4O2S/c1-13(22)14(2)25(23)19-12-16(21)8-11-18(19)24-28(26,27)17-9-6-15(7-10-17)20(3,4)5/h6-12,24H,22-23H2,1-5H3/b14-13-. The maximum absolute atomic E-state index is 12.9. The van der Waals surface area contributed by atoms with E-state index in [4.69, 9.17) is 23.2 Å². The number of nitrogens with zero attached hydrogens (tertiary/aromatic N) is 1.